The number of carbonyl (C=O) groups excluding carboxylic acids is 2. The highest BCUT2D eigenvalue weighted by Gasteiger charge is 2.34. The average molecular weight is 341 g/mol. The van der Waals surface area contributed by atoms with Crippen LogP contribution in [0.5, 0.6) is 0 Å². The maximum absolute atomic E-state index is 12.3. The lowest BCUT2D eigenvalue weighted by atomic mass is 10.1. The van der Waals surface area contributed by atoms with Gasteiger partial charge >= 0.3 is 5.76 Å². The van der Waals surface area contributed by atoms with Crippen LogP contribution in [0.2, 0.25) is 0 Å². The van der Waals surface area contributed by atoms with Crippen molar-refractivity contribution in [1.82, 2.24) is 14.7 Å². The third-order valence-corrected chi connectivity index (χ3v) is 4.61. The molecule has 24 heavy (non-hydrogen) atoms. The van der Waals surface area contributed by atoms with Crippen LogP contribution in [0.1, 0.15) is 20.7 Å². The van der Waals surface area contributed by atoms with E-state index in [4.69, 9.17) is 4.42 Å². The Balaban J connectivity index is 1.53. The molecule has 3 aromatic rings. The van der Waals surface area contributed by atoms with Crippen LogP contribution in [-0.4, -0.2) is 33.0 Å². The summed E-state index contributed by atoms with van der Waals surface area (Å²) < 4.78 is 6.23. The second-order valence-corrected chi connectivity index (χ2v) is 6.13. The van der Waals surface area contributed by atoms with E-state index < -0.39 is 5.76 Å². The summed E-state index contributed by atoms with van der Waals surface area (Å²) in [6, 6.07) is 10.3. The summed E-state index contributed by atoms with van der Waals surface area (Å²) in [7, 11) is 0. The Kier molecular flexibility index (Phi) is 3.39. The minimum absolute atomic E-state index is 0.0582. The number of fused-ring (bicyclic) bond motifs is 1. The van der Waals surface area contributed by atoms with Gasteiger partial charge in [-0.1, -0.05) is 18.2 Å². The fourth-order valence-electron chi connectivity index (χ4n) is 2.58. The summed E-state index contributed by atoms with van der Waals surface area (Å²) in [4.78, 5) is 38.3. The van der Waals surface area contributed by atoms with Crippen LogP contribution in [0, 0.1) is 0 Å². The van der Waals surface area contributed by atoms with E-state index in [0.717, 1.165) is 14.5 Å². The van der Waals surface area contributed by atoms with Crippen molar-refractivity contribution in [2.75, 3.05) is 6.54 Å². The molecule has 2 amide bonds. The topological polar surface area (TPSA) is 85.4 Å². The number of aromatic nitrogens is 2. The Morgan fingerprint density at radius 1 is 0.958 bits per heavy atom. The molecule has 1 aliphatic heterocycles. The molecular weight excluding hydrogens is 330 g/mol. The first-order valence-electron chi connectivity index (χ1n) is 7.22. The van der Waals surface area contributed by atoms with Gasteiger partial charge in [-0.15, -0.1) is 16.4 Å². The van der Waals surface area contributed by atoms with Crippen molar-refractivity contribution < 1.29 is 14.0 Å². The number of hydrogen-bond acceptors (Lipinski definition) is 6. The molecule has 8 heteroatoms. The molecule has 0 atom stereocenters. The summed E-state index contributed by atoms with van der Waals surface area (Å²) in [5.74, 6) is -1.09. The van der Waals surface area contributed by atoms with E-state index in [1.165, 1.54) is 11.3 Å². The molecule has 0 aliphatic carbocycles. The number of benzene rings is 1. The fourth-order valence-corrected chi connectivity index (χ4v) is 3.23. The predicted molar refractivity (Wildman–Crippen MR) is 85.9 cm³/mol. The van der Waals surface area contributed by atoms with Gasteiger partial charge in [-0.3, -0.25) is 14.5 Å². The highest BCUT2D eigenvalue weighted by Crippen LogP contribution is 2.23. The van der Waals surface area contributed by atoms with Gasteiger partial charge in [0.15, 0.2) is 0 Å². The Morgan fingerprint density at radius 3 is 2.29 bits per heavy atom. The molecule has 3 heterocycles. The van der Waals surface area contributed by atoms with Crippen molar-refractivity contribution in [2.45, 2.75) is 6.54 Å². The minimum atomic E-state index is -0.616. The molecule has 0 unspecified atom stereocenters. The lowest BCUT2D eigenvalue weighted by Crippen LogP contribution is -2.34. The third kappa shape index (κ3) is 2.28. The molecule has 120 valence electrons. The maximum atomic E-state index is 12.3. The van der Waals surface area contributed by atoms with Crippen LogP contribution in [0.25, 0.3) is 10.8 Å². The number of carbonyl (C=O) groups is 2. The van der Waals surface area contributed by atoms with Crippen LogP contribution < -0.4 is 5.76 Å². The molecule has 0 fully saturated rings. The van der Waals surface area contributed by atoms with E-state index in [-0.39, 0.29) is 30.8 Å². The second-order valence-electron chi connectivity index (χ2n) is 5.18. The van der Waals surface area contributed by atoms with E-state index in [9.17, 15) is 14.4 Å². The first kappa shape index (κ1) is 14.6. The second kappa shape index (κ2) is 5.57. The Bertz CT molecular complexity index is 952. The van der Waals surface area contributed by atoms with E-state index in [1.54, 1.807) is 30.3 Å². The molecule has 1 aliphatic rings. The van der Waals surface area contributed by atoms with E-state index in [2.05, 4.69) is 5.10 Å². The van der Waals surface area contributed by atoms with Crippen LogP contribution in [0.15, 0.2) is 51.0 Å². The van der Waals surface area contributed by atoms with Gasteiger partial charge in [0.1, 0.15) is 0 Å². The Morgan fingerprint density at radius 2 is 1.67 bits per heavy atom. The molecule has 4 rings (SSSR count). The highest BCUT2D eigenvalue weighted by atomic mass is 32.1. The molecule has 0 N–H and O–H groups in total. The molecule has 2 aromatic heterocycles. The summed E-state index contributed by atoms with van der Waals surface area (Å²) >= 11 is 1.41. The summed E-state index contributed by atoms with van der Waals surface area (Å²) in [5, 5.41) is 5.97. The van der Waals surface area contributed by atoms with Crippen molar-refractivity contribution in [3.63, 3.8) is 0 Å². The predicted octanol–water partition coefficient (Wildman–Crippen LogP) is 1.86. The van der Waals surface area contributed by atoms with Crippen LogP contribution in [0.3, 0.4) is 0 Å². The van der Waals surface area contributed by atoms with Gasteiger partial charge in [-0.25, -0.2) is 4.79 Å². The van der Waals surface area contributed by atoms with Crippen LogP contribution in [0.4, 0.5) is 0 Å². The number of hydrogen-bond donors (Lipinski definition) is 0. The first-order valence-corrected chi connectivity index (χ1v) is 8.10. The zero-order chi connectivity index (χ0) is 16.7. The molecule has 0 bridgehead atoms. The zero-order valence-electron chi connectivity index (χ0n) is 12.3. The Hall–Kier alpha value is -3.00. The monoisotopic (exact) mass is 341 g/mol. The first-order chi connectivity index (χ1) is 11.6. The van der Waals surface area contributed by atoms with Gasteiger partial charge in [0.2, 0.25) is 0 Å². The van der Waals surface area contributed by atoms with Gasteiger partial charge in [0, 0.05) is 6.54 Å². The van der Waals surface area contributed by atoms with E-state index >= 15 is 0 Å². The highest BCUT2D eigenvalue weighted by molar-refractivity contribution is 7.13. The molecule has 7 nitrogen and oxygen atoms in total. The molecule has 0 spiro atoms. The number of nitrogens with zero attached hydrogens (tertiary/aromatic N) is 3. The van der Waals surface area contributed by atoms with Crippen LogP contribution in [-0.2, 0) is 6.54 Å². The number of amides is 2. The zero-order valence-corrected chi connectivity index (χ0v) is 13.2. The smallest absolute Gasteiger partial charge is 0.387 e. The standard InChI is InChI=1S/C16H11N3O4S/c20-14-10-4-1-2-5-11(10)15(21)18(14)7-8-19-16(22)23-13(17-19)12-6-3-9-24-12/h1-6,9H,7-8H2. The van der Waals surface area contributed by atoms with E-state index in [1.807, 2.05) is 11.4 Å². The number of rotatable bonds is 4. The fraction of sp³-hybridized carbons (Fsp3) is 0.125. The van der Waals surface area contributed by atoms with Crippen molar-refractivity contribution in [3.05, 3.63) is 63.5 Å². The SMILES string of the molecule is O=C1c2ccccc2C(=O)N1CCn1nc(-c2cccs2)oc1=O. The van der Waals surface area contributed by atoms with Crippen LogP contribution >= 0.6 is 11.3 Å². The van der Waals surface area contributed by atoms with Crippen molar-refractivity contribution >= 4 is 23.2 Å². The quantitative estimate of drug-likeness (QED) is 0.676. The number of imide groups is 1. The van der Waals surface area contributed by atoms with Crippen molar-refractivity contribution in [2.24, 2.45) is 0 Å². The van der Waals surface area contributed by atoms with E-state index in [0.29, 0.717) is 11.1 Å². The molecular formula is C16H11N3O4S. The van der Waals surface area contributed by atoms with Gasteiger partial charge in [0.05, 0.1) is 22.5 Å². The number of thiophene rings is 1. The van der Waals surface area contributed by atoms with Gasteiger partial charge in [-0.05, 0) is 23.6 Å². The lowest BCUT2D eigenvalue weighted by molar-refractivity contribution is 0.0646. The van der Waals surface area contributed by atoms with Gasteiger partial charge in [0.25, 0.3) is 17.7 Å². The minimum Gasteiger partial charge on any atom is -0.387 e. The molecule has 1 aromatic carbocycles. The lowest BCUT2D eigenvalue weighted by Gasteiger charge is -2.12. The largest absolute Gasteiger partial charge is 0.437 e. The molecule has 0 radical (unpaired) electrons. The van der Waals surface area contributed by atoms with Gasteiger partial charge in [-0.2, -0.15) is 4.68 Å². The van der Waals surface area contributed by atoms with Crippen molar-refractivity contribution in [3.8, 4) is 10.8 Å². The van der Waals surface area contributed by atoms with Crippen molar-refractivity contribution in [1.29, 1.82) is 0 Å². The normalized spacial score (nSPS) is 13.6. The molecule has 0 saturated heterocycles. The summed E-state index contributed by atoms with van der Waals surface area (Å²) in [5.41, 5.74) is 0.767. The Labute approximate surface area is 139 Å². The summed E-state index contributed by atoms with van der Waals surface area (Å²) in [6.45, 7) is 0.141. The molecule has 0 saturated carbocycles. The average Bonchev–Trinajstić information content (AvgIpc) is 3.28. The van der Waals surface area contributed by atoms with Gasteiger partial charge < -0.3 is 4.42 Å². The summed E-state index contributed by atoms with van der Waals surface area (Å²) in [6.07, 6.45) is 0. The third-order valence-electron chi connectivity index (χ3n) is 3.75. The maximum Gasteiger partial charge on any atom is 0.437 e.